The van der Waals surface area contributed by atoms with Crippen molar-refractivity contribution in [1.82, 2.24) is 0 Å². The van der Waals surface area contributed by atoms with Gasteiger partial charge < -0.3 is 18.9 Å². The lowest BCUT2D eigenvalue weighted by molar-refractivity contribution is -0.192. The van der Waals surface area contributed by atoms with Gasteiger partial charge in [0.25, 0.3) is 0 Å². The highest BCUT2D eigenvalue weighted by molar-refractivity contribution is 8.20. The molecule has 26 heavy (non-hydrogen) atoms. The van der Waals surface area contributed by atoms with Crippen LogP contribution < -0.4 is 0 Å². The summed E-state index contributed by atoms with van der Waals surface area (Å²) in [5.41, 5.74) is 1.07. The molecule has 1 aliphatic carbocycles. The van der Waals surface area contributed by atoms with Crippen molar-refractivity contribution in [2.45, 2.75) is 87.8 Å². The van der Waals surface area contributed by atoms with Crippen molar-refractivity contribution in [2.24, 2.45) is 5.92 Å². The number of allylic oxidation sites excluding steroid dienone is 1. The zero-order valence-corrected chi connectivity index (χ0v) is 18.2. The molecule has 0 aromatic heterocycles. The minimum Gasteiger partial charge on any atom is -0.347 e. The number of rotatable bonds is 3. The smallest absolute Gasteiger partial charge is 0.163 e. The number of hydrogen-bond acceptors (Lipinski definition) is 6. The van der Waals surface area contributed by atoms with Crippen molar-refractivity contribution in [3.8, 4) is 0 Å². The molecule has 3 saturated heterocycles. The van der Waals surface area contributed by atoms with Gasteiger partial charge in [0.2, 0.25) is 0 Å². The number of hydrogen-bond donors (Lipinski definition) is 0. The van der Waals surface area contributed by atoms with Crippen molar-refractivity contribution in [3.05, 3.63) is 11.6 Å². The summed E-state index contributed by atoms with van der Waals surface area (Å²) in [5.74, 6) is 1.68. The van der Waals surface area contributed by atoms with Crippen LogP contribution >= 0.6 is 23.5 Å². The largest absolute Gasteiger partial charge is 0.347 e. The fraction of sp³-hybridized carbons (Fsp3) is 0.900. The van der Waals surface area contributed by atoms with Crippen LogP contribution in [-0.2, 0) is 18.9 Å². The third kappa shape index (κ3) is 3.74. The van der Waals surface area contributed by atoms with E-state index in [2.05, 4.69) is 36.5 Å². The molecule has 4 atom stereocenters. The van der Waals surface area contributed by atoms with Gasteiger partial charge in [0.15, 0.2) is 11.6 Å². The maximum absolute atomic E-state index is 6.55. The van der Waals surface area contributed by atoms with Crippen LogP contribution in [-0.4, -0.2) is 52.1 Å². The maximum Gasteiger partial charge on any atom is 0.163 e. The van der Waals surface area contributed by atoms with Gasteiger partial charge in [0.05, 0.1) is 23.4 Å². The number of fused-ring (bicyclic) bond motifs is 1. The first-order valence-corrected chi connectivity index (χ1v) is 11.9. The van der Waals surface area contributed by atoms with Crippen LogP contribution in [0.25, 0.3) is 0 Å². The monoisotopic (exact) mass is 400 g/mol. The molecule has 1 saturated carbocycles. The first kappa shape index (κ1) is 19.6. The Bertz CT molecular complexity index is 568. The third-order valence-electron chi connectivity index (χ3n) is 5.90. The summed E-state index contributed by atoms with van der Waals surface area (Å²) >= 11 is 4.16. The Hall–Kier alpha value is 0.280. The van der Waals surface area contributed by atoms with E-state index in [1.807, 2.05) is 27.7 Å². The highest BCUT2D eigenvalue weighted by Crippen LogP contribution is 2.52. The molecule has 0 unspecified atom stereocenters. The lowest BCUT2D eigenvalue weighted by Gasteiger charge is -2.45. The minimum absolute atomic E-state index is 0.0383. The molecule has 0 radical (unpaired) electrons. The van der Waals surface area contributed by atoms with Gasteiger partial charge in [0.1, 0.15) is 5.60 Å². The molecule has 4 aliphatic rings. The molecular weight excluding hydrogens is 368 g/mol. The number of ether oxygens (including phenoxy) is 4. The Morgan fingerprint density at radius 1 is 1.08 bits per heavy atom. The summed E-state index contributed by atoms with van der Waals surface area (Å²) < 4.78 is 25.9. The molecule has 1 spiro atoms. The molecule has 4 nitrogen and oxygen atoms in total. The van der Waals surface area contributed by atoms with Crippen molar-refractivity contribution in [1.29, 1.82) is 0 Å². The molecule has 4 fully saturated rings. The Labute approximate surface area is 166 Å². The van der Waals surface area contributed by atoms with Crippen LogP contribution in [0.4, 0.5) is 0 Å². The van der Waals surface area contributed by atoms with E-state index in [1.165, 1.54) is 17.1 Å². The van der Waals surface area contributed by atoms with Gasteiger partial charge in [0, 0.05) is 17.4 Å². The van der Waals surface area contributed by atoms with Gasteiger partial charge in [-0.1, -0.05) is 11.6 Å². The molecule has 148 valence electrons. The van der Waals surface area contributed by atoms with Crippen LogP contribution in [0.5, 0.6) is 0 Å². The normalized spacial score (nSPS) is 42.5. The second-order valence-electron chi connectivity index (χ2n) is 8.87. The molecule has 0 aromatic rings. The standard InChI is InChI=1S/C20H32O4S2/c1-13(6-7-15-25-10-11-26-15)16-17-14(22-19(4,5)23-17)8-9-20(16)12-21-18(2,3)24-20/h6,14-17H,7-12H2,1-5H3/b13-6+/t14-,16+,17-,20+/m1/s1. The molecule has 3 aliphatic heterocycles. The van der Waals surface area contributed by atoms with Crippen molar-refractivity contribution >= 4 is 23.5 Å². The Morgan fingerprint density at radius 2 is 1.81 bits per heavy atom. The van der Waals surface area contributed by atoms with E-state index in [1.54, 1.807) is 0 Å². The van der Waals surface area contributed by atoms with Crippen LogP contribution in [0, 0.1) is 5.92 Å². The van der Waals surface area contributed by atoms with E-state index in [0.29, 0.717) is 11.2 Å². The summed E-state index contributed by atoms with van der Waals surface area (Å²) in [6.07, 6.45) is 5.64. The van der Waals surface area contributed by atoms with Crippen molar-refractivity contribution in [3.63, 3.8) is 0 Å². The fourth-order valence-electron chi connectivity index (χ4n) is 4.96. The predicted octanol–water partition coefficient (Wildman–Crippen LogP) is 4.58. The first-order valence-electron chi connectivity index (χ1n) is 9.79. The highest BCUT2D eigenvalue weighted by atomic mass is 32.2. The summed E-state index contributed by atoms with van der Waals surface area (Å²) in [5, 5.41) is 0. The molecular formula is C20H32O4S2. The first-order chi connectivity index (χ1) is 12.2. The molecule has 0 aromatic carbocycles. The van der Waals surface area contributed by atoms with Gasteiger partial charge in [-0.25, -0.2) is 0 Å². The van der Waals surface area contributed by atoms with Gasteiger partial charge >= 0.3 is 0 Å². The van der Waals surface area contributed by atoms with Crippen LogP contribution in [0.15, 0.2) is 11.6 Å². The summed E-state index contributed by atoms with van der Waals surface area (Å²) in [6.45, 7) is 11.0. The van der Waals surface area contributed by atoms with Gasteiger partial charge in [-0.3, -0.25) is 0 Å². The zero-order valence-electron chi connectivity index (χ0n) is 16.6. The number of thioether (sulfide) groups is 2. The second kappa shape index (κ2) is 6.96. The van der Waals surface area contributed by atoms with E-state index in [-0.39, 0.29) is 23.7 Å². The molecule has 4 rings (SSSR count). The molecule has 0 bridgehead atoms. The predicted molar refractivity (Wildman–Crippen MR) is 107 cm³/mol. The second-order valence-corrected chi connectivity index (χ2v) is 11.8. The summed E-state index contributed by atoms with van der Waals surface area (Å²) in [6, 6.07) is 0. The highest BCUT2D eigenvalue weighted by Gasteiger charge is 2.61. The summed E-state index contributed by atoms with van der Waals surface area (Å²) in [4.78, 5) is 0. The SMILES string of the molecule is C/C(=C\CC1SCCS1)[C@H]1[C@@H]2OC(C)(C)O[C@@H]2CC[C@]12COC(C)(C)O2. The zero-order chi connectivity index (χ0) is 18.6. The van der Waals surface area contributed by atoms with Crippen molar-refractivity contribution in [2.75, 3.05) is 18.1 Å². The van der Waals surface area contributed by atoms with E-state index in [9.17, 15) is 0 Å². The third-order valence-corrected chi connectivity index (χ3v) is 8.98. The van der Waals surface area contributed by atoms with E-state index in [4.69, 9.17) is 18.9 Å². The average Bonchev–Trinajstić information content (AvgIpc) is 3.23. The van der Waals surface area contributed by atoms with E-state index >= 15 is 0 Å². The van der Waals surface area contributed by atoms with Crippen LogP contribution in [0.1, 0.15) is 53.9 Å². The molecule has 3 heterocycles. The van der Waals surface area contributed by atoms with E-state index in [0.717, 1.165) is 19.3 Å². The quantitative estimate of drug-likeness (QED) is 0.646. The molecule has 0 N–H and O–H groups in total. The Kier molecular flexibility index (Phi) is 5.24. The Morgan fingerprint density at radius 3 is 2.46 bits per heavy atom. The average molecular weight is 401 g/mol. The molecule has 0 amide bonds. The lowest BCUT2D eigenvalue weighted by atomic mass is 9.69. The summed E-state index contributed by atoms with van der Waals surface area (Å²) in [7, 11) is 0. The van der Waals surface area contributed by atoms with Gasteiger partial charge in [-0.05, 0) is 53.9 Å². The van der Waals surface area contributed by atoms with Crippen LogP contribution in [0.3, 0.4) is 0 Å². The van der Waals surface area contributed by atoms with Crippen molar-refractivity contribution < 1.29 is 18.9 Å². The Balaban J connectivity index is 1.61. The van der Waals surface area contributed by atoms with Gasteiger partial charge in [-0.15, -0.1) is 23.5 Å². The van der Waals surface area contributed by atoms with E-state index < -0.39 is 11.6 Å². The molecule has 6 heteroatoms. The van der Waals surface area contributed by atoms with Crippen LogP contribution in [0.2, 0.25) is 0 Å². The maximum atomic E-state index is 6.55. The lowest BCUT2D eigenvalue weighted by Crippen LogP contribution is -2.55. The van der Waals surface area contributed by atoms with Gasteiger partial charge in [-0.2, -0.15) is 0 Å². The topological polar surface area (TPSA) is 36.9 Å². The minimum atomic E-state index is -0.530. The fourth-order valence-corrected chi connectivity index (χ4v) is 7.68.